The number of amides is 3. The Morgan fingerprint density at radius 2 is 1.64 bits per heavy atom. The number of carbonyl (C=O) groups is 3. The molecule has 0 spiro atoms. The van der Waals surface area contributed by atoms with Crippen molar-refractivity contribution >= 4 is 34.7 Å². The van der Waals surface area contributed by atoms with Crippen molar-refractivity contribution in [3.63, 3.8) is 0 Å². The molecule has 3 amide bonds. The molecule has 4 aromatic rings. The van der Waals surface area contributed by atoms with Crippen molar-refractivity contribution in [2.75, 3.05) is 6.54 Å². The Bertz CT molecular complexity index is 1860. The van der Waals surface area contributed by atoms with Gasteiger partial charge in [0.2, 0.25) is 24.0 Å². The van der Waals surface area contributed by atoms with Crippen LogP contribution in [-0.2, 0) is 39.0 Å². The molecule has 7 unspecified atom stereocenters. The number of hydrogen-bond acceptors (Lipinski definition) is 8. The first-order chi connectivity index (χ1) is 25.4. The molecule has 0 aliphatic carbocycles. The Morgan fingerprint density at radius 1 is 0.943 bits per heavy atom. The molecule has 1 saturated heterocycles. The van der Waals surface area contributed by atoms with E-state index in [1.807, 2.05) is 86.3 Å². The van der Waals surface area contributed by atoms with Gasteiger partial charge in [0.25, 0.3) is 0 Å². The summed E-state index contributed by atoms with van der Waals surface area (Å²) in [4.78, 5) is 38.8. The Labute approximate surface area is 310 Å². The van der Waals surface area contributed by atoms with E-state index in [-0.39, 0.29) is 23.6 Å². The predicted molar refractivity (Wildman–Crippen MR) is 204 cm³/mol. The van der Waals surface area contributed by atoms with Crippen molar-refractivity contribution in [1.82, 2.24) is 25.8 Å². The highest BCUT2D eigenvalue weighted by atomic mass is 16.7. The maximum absolute atomic E-state index is 13.8. The highest BCUT2D eigenvalue weighted by molar-refractivity contribution is 5.88. The van der Waals surface area contributed by atoms with Gasteiger partial charge in [-0.3, -0.25) is 19.7 Å². The molecule has 1 aliphatic heterocycles. The second-order valence-electron chi connectivity index (χ2n) is 13.9. The summed E-state index contributed by atoms with van der Waals surface area (Å²) >= 11 is 0. The van der Waals surface area contributed by atoms with Gasteiger partial charge in [0, 0.05) is 43.8 Å². The van der Waals surface area contributed by atoms with Crippen LogP contribution in [0.25, 0.3) is 17.0 Å². The largest absolute Gasteiger partial charge is 0.462 e. The SMILES string of the molecule is CC(=O)NC1C(C)OC(Oc2ccc(C=CNC(=O)C(Cc3cn(C)c4ccccc34)NC(C(=O)NCCc3ccccc3)C(C)C)cc2)C(O)C1O. The van der Waals surface area contributed by atoms with E-state index in [2.05, 4.69) is 21.3 Å². The van der Waals surface area contributed by atoms with Crippen molar-refractivity contribution in [2.24, 2.45) is 13.0 Å². The number of nitrogens with one attached hydrogen (secondary N) is 4. The van der Waals surface area contributed by atoms with E-state index >= 15 is 0 Å². The minimum atomic E-state index is -1.39. The van der Waals surface area contributed by atoms with E-state index in [0.29, 0.717) is 25.1 Å². The van der Waals surface area contributed by atoms with Gasteiger partial charge in [-0.25, -0.2) is 0 Å². The maximum Gasteiger partial charge on any atom is 0.241 e. The third-order valence-electron chi connectivity index (χ3n) is 9.46. The fourth-order valence-corrected chi connectivity index (χ4v) is 6.58. The van der Waals surface area contributed by atoms with Gasteiger partial charge in [-0.2, -0.15) is 0 Å². The van der Waals surface area contributed by atoms with Crippen molar-refractivity contribution < 1.29 is 34.1 Å². The Kier molecular flexibility index (Phi) is 13.4. The number of hydrogen-bond donors (Lipinski definition) is 6. The Morgan fingerprint density at radius 3 is 2.34 bits per heavy atom. The van der Waals surface area contributed by atoms with E-state index in [1.165, 1.54) is 6.92 Å². The number of rotatable bonds is 15. The summed E-state index contributed by atoms with van der Waals surface area (Å²) in [5.74, 6) is -0.479. The molecule has 6 N–H and O–H groups in total. The van der Waals surface area contributed by atoms with E-state index in [4.69, 9.17) is 9.47 Å². The molecule has 0 saturated carbocycles. The Hall–Kier alpha value is -5.01. The monoisotopic (exact) mass is 725 g/mol. The van der Waals surface area contributed by atoms with E-state index in [9.17, 15) is 24.6 Å². The molecule has 12 nitrogen and oxygen atoms in total. The number of para-hydroxylation sites is 1. The maximum atomic E-state index is 13.8. The van der Waals surface area contributed by atoms with Crippen molar-refractivity contribution in [3.8, 4) is 5.75 Å². The summed E-state index contributed by atoms with van der Waals surface area (Å²) in [5.41, 5.74) is 3.94. The standard InChI is InChI=1S/C41H51N5O7/c1-25(2)35(40(51)43-22-19-28-11-7-6-8-12-28)45-33(23-30-24-46(5)34-14-10-9-13-32(30)34)39(50)42-21-20-29-15-17-31(18-16-29)53-41-38(49)37(48)36(26(3)52-41)44-27(4)47/h6-18,20-21,24-26,33,35-38,41,45,48-49H,19,22-23H2,1-5H3,(H,42,50)(H,43,51)(H,44,47). The fourth-order valence-electron chi connectivity index (χ4n) is 6.58. The zero-order valence-electron chi connectivity index (χ0n) is 30.9. The molecule has 0 radical (unpaired) electrons. The first-order valence-corrected chi connectivity index (χ1v) is 18.0. The number of aliphatic hydroxyl groups is 2. The van der Waals surface area contributed by atoms with E-state index in [0.717, 1.165) is 27.6 Å². The molecule has 5 rings (SSSR count). The van der Waals surface area contributed by atoms with Crippen LogP contribution in [-0.4, -0.2) is 81.8 Å². The van der Waals surface area contributed by atoms with Gasteiger partial charge < -0.3 is 40.2 Å². The van der Waals surface area contributed by atoms with Gasteiger partial charge in [0.1, 0.15) is 18.0 Å². The van der Waals surface area contributed by atoms with Crippen LogP contribution in [0.5, 0.6) is 5.75 Å². The lowest BCUT2D eigenvalue weighted by Gasteiger charge is -2.41. The smallest absolute Gasteiger partial charge is 0.241 e. The average Bonchev–Trinajstić information content (AvgIpc) is 3.45. The summed E-state index contributed by atoms with van der Waals surface area (Å²) in [6.07, 6.45) is 1.99. The zero-order valence-corrected chi connectivity index (χ0v) is 30.9. The third kappa shape index (κ3) is 10.3. The topological polar surface area (TPSA) is 163 Å². The lowest BCUT2D eigenvalue weighted by atomic mass is 9.97. The van der Waals surface area contributed by atoms with Crippen molar-refractivity contribution in [1.29, 1.82) is 0 Å². The second-order valence-corrected chi connectivity index (χ2v) is 13.9. The highest BCUT2D eigenvalue weighted by Gasteiger charge is 2.44. The number of aromatic nitrogens is 1. The van der Waals surface area contributed by atoms with Crippen LogP contribution in [0.3, 0.4) is 0 Å². The summed E-state index contributed by atoms with van der Waals surface area (Å²) in [7, 11) is 1.97. The molecule has 1 aliphatic rings. The van der Waals surface area contributed by atoms with Gasteiger partial charge in [0.15, 0.2) is 0 Å². The number of aryl methyl sites for hydroxylation is 1. The number of nitrogens with zero attached hydrogens (tertiary/aromatic N) is 1. The lowest BCUT2D eigenvalue weighted by molar-refractivity contribution is -0.242. The van der Waals surface area contributed by atoms with Crippen LogP contribution >= 0.6 is 0 Å². The Balaban J connectivity index is 1.24. The first kappa shape index (κ1) is 39.2. The van der Waals surface area contributed by atoms with Crippen LogP contribution in [0.4, 0.5) is 0 Å². The third-order valence-corrected chi connectivity index (χ3v) is 9.46. The summed E-state index contributed by atoms with van der Waals surface area (Å²) in [5, 5.41) is 34.1. The molecule has 12 heteroatoms. The quantitative estimate of drug-likeness (QED) is 0.109. The average molecular weight is 726 g/mol. The van der Waals surface area contributed by atoms with Crippen molar-refractivity contribution in [3.05, 3.63) is 108 Å². The second kappa shape index (κ2) is 18.2. The van der Waals surface area contributed by atoms with Crippen LogP contribution in [0.2, 0.25) is 0 Å². The van der Waals surface area contributed by atoms with Crippen LogP contribution < -0.4 is 26.0 Å². The number of fused-ring (bicyclic) bond motifs is 1. The van der Waals surface area contributed by atoms with E-state index < -0.39 is 42.7 Å². The minimum Gasteiger partial charge on any atom is -0.462 e. The minimum absolute atomic E-state index is 0.0870. The van der Waals surface area contributed by atoms with Gasteiger partial charge in [0.05, 0.1) is 24.2 Å². The molecule has 1 fully saturated rings. The summed E-state index contributed by atoms with van der Waals surface area (Å²) < 4.78 is 13.6. The van der Waals surface area contributed by atoms with Gasteiger partial charge in [-0.15, -0.1) is 0 Å². The van der Waals surface area contributed by atoms with Crippen LogP contribution in [0, 0.1) is 5.92 Å². The van der Waals surface area contributed by atoms with E-state index in [1.54, 1.807) is 43.5 Å². The molecular formula is C41H51N5O7. The fraction of sp³-hybridized carbons (Fsp3) is 0.390. The molecule has 1 aromatic heterocycles. The number of aliphatic hydroxyl groups excluding tert-OH is 2. The van der Waals surface area contributed by atoms with Gasteiger partial charge in [-0.05, 0) is 66.6 Å². The predicted octanol–water partition coefficient (Wildman–Crippen LogP) is 3.20. The molecular weight excluding hydrogens is 674 g/mol. The van der Waals surface area contributed by atoms with Gasteiger partial charge >= 0.3 is 0 Å². The van der Waals surface area contributed by atoms with Crippen LogP contribution in [0.15, 0.2) is 91.3 Å². The highest BCUT2D eigenvalue weighted by Crippen LogP contribution is 2.25. The summed E-state index contributed by atoms with van der Waals surface area (Å²) in [6.45, 7) is 7.41. The van der Waals surface area contributed by atoms with Gasteiger partial charge in [-0.1, -0.05) is 74.5 Å². The van der Waals surface area contributed by atoms with Crippen LogP contribution in [0.1, 0.15) is 44.4 Å². The molecule has 3 aromatic carbocycles. The molecule has 7 atom stereocenters. The zero-order chi connectivity index (χ0) is 38.1. The van der Waals surface area contributed by atoms with Crippen molar-refractivity contribution in [2.45, 2.75) is 83.3 Å². The summed E-state index contributed by atoms with van der Waals surface area (Å²) in [6, 6.07) is 22.8. The normalized spacial score (nSPS) is 21.3. The molecule has 282 valence electrons. The molecule has 0 bridgehead atoms. The number of ether oxygens (including phenoxy) is 2. The molecule has 53 heavy (non-hydrogen) atoms. The number of benzene rings is 3. The molecule has 2 heterocycles. The first-order valence-electron chi connectivity index (χ1n) is 18.0. The number of carbonyl (C=O) groups excluding carboxylic acids is 3. The lowest BCUT2D eigenvalue weighted by Crippen LogP contribution is -2.63.